The van der Waals surface area contributed by atoms with Crippen LogP contribution in [-0.4, -0.2) is 29.8 Å². The molecule has 1 fully saturated rings. The first-order chi connectivity index (χ1) is 11.6. The molecule has 0 aliphatic carbocycles. The van der Waals surface area contributed by atoms with Crippen molar-refractivity contribution in [2.75, 3.05) is 18.4 Å². The van der Waals surface area contributed by atoms with Crippen molar-refractivity contribution in [2.24, 2.45) is 5.92 Å². The van der Waals surface area contributed by atoms with E-state index >= 15 is 0 Å². The smallest absolute Gasteiger partial charge is 0.321 e. The molecule has 4 nitrogen and oxygen atoms in total. The van der Waals surface area contributed by atoms with Crippen LogP contribution in [0.15, 0.2) is 54.6 Å². The van der Waals surface area contributed by atoms with Crippen LogP contribution in [0.25, 0.3) is 0 Å². The number of hydrogen-bond donors (Lipinski definition) is 1. The molecular formula is C19H19ClN2O2. The molecular weight excluding hydrogens is 324 g/mol. The van der Waals surface area contributed by atoms with Gasteiger partial charge < -0.3 is 10.2 Å². The quantitative estimate of drug-likeness (QED) is 0.837. The predicted octanol–water partition coefficient (Wildman–Crippen LogP) is 4.47. The van der Waals surface area contributed by atoms with Gasteiger partial charge in [0.05, 0.1) is 10.7 Å². The molecule has 0 bridgehead atoms. The summed E-state index contributed by atoms with van der Waals surface area (Å²) in [5.74, 6) is 0.151. The van der Waals surface area contributed by atoms with E-state index in [1.807, 2.05) is 42.5 Å². The molecule has 1 N–H and O–H groups in total. The van der Waals surface area contributed by atoms with Crippen LogP contribution >= 0.6 is 11.6 Å². The van der Waals surface area contributed by atoms with Gasteiger partial charge >= 0.3 is 6.03 Å². The van der Waals surface area contributed by atoms with Crippen LogP contribution < -0.4 is 5.32 Å². The van der Waals surface area contributed by atoms with Gasteiger partial charge in [-0.15, -0.1) is 0 Å². The van der Waals surface area contributed by atoms with Crippen LogP contribution in [0.4, 0.5) is 10.5 Å². The lowest BCUT2D eigenvalue weighted by Crippen LogP contribution is -2.42. The summed E-state index contributed by atoms with van der Waals surface area (Å²) < 4.78 is 0. The first kappa shape index (κ1) is 16.5. The van der Waals surface area contributed by atoms with Gasteiger partial charge in [-0.3, -0.25) is 4.79 Å². The van der Waals surface area contributed by atoms with Gasteiger partial charge in [0, 0.05) is 24.6 Å². The van der Waals surface area contributed by atoms with Crippen molar-refractivity contribution in [3.8, 4) is 0 Å². The maximum absolute atomic E-state index is 12.5. The number of nitrogens with zero attached hydrogens (tertiary/aromatic N) is 1. The fourth-order valence-corrected chi connectivity index (χ4v) is 3.12. The van der Waals surface area contributed by atoms with Crippen LogP contribution in [-0.2, 0) is 0 Å². The third kappa shape index (κ3) is 3.77. The number of halogens is 1. The van der Waals surface area contributed by atoms with Crippen LogP contribution in [0.1, 0.15) is 23.2 Å². The second-order valence-corrected chi connectivity index (χ2v) is 6.31. The Bertz CT molecular complexity index is 725. The van der Waals surface area contributed by atoms with Crippen molar-refractivity contribution >= 4 is 29.1 Å². The van der Waals surface area contributed by atoms with Gasteiger partial charge in [-0.25, -0.2) is 4.79 Å². The molecule has 3 rings (SSSR count). The zero-order valence-corrected chi connectivity index (χ0v) is 14.0. The summed E-state index contributed by atoms with van der Waals surface area (Å²) in [6.07, 6.45) is 1.37. The number of para-hydroxylation sites is 1. The first-order valence-electron chi connectivity index (χ1n) is 8.05. The second-order valence-electron chi connectivity index (χ2n) is 5.90. The Balaban J connectivity index is 1.56. The first-order valence-corrected chi connectivity index (χ1v) is 8.42. The molecule has 1 aliphatic heterocycles. The number of likely N-dealkylation sites (tertiary alicyclic amines) is 1. The number of carbonyl (C=O) groups excluding carboxylic acids is 2. The zero-order valence-electron chi connectivity index (χ0n) is 13.2. The van der Waals surface area contributed by atoms with Gasteiger partial charge in [0.15, 0.2) is 5.78 Å². The van der Waals surface area contributed by atoms with Gasteiger partial charge in [-0.2, -0.15) is 0 Å². The summed E-state index contributed by atoms with van der Waals surface area (Å²) in [6.45, 7) is 1.14. The summed E-state index contributed by atoms with van der Waals surface area (Å²) in [5.41, 5.74) is 1.35. The number of amides is 2. The molecule has 1 heterocycles. The van der Waals surface area contributed by atoms with Crippen molar-refractivity contribution in [2.45, 2.75) is 12.8 Å². The van der Waals surface area contributed by atoms with E-state index in [4.69, 9.17) is 11.6 Å². The lowest BCUT2D eigenvalue weighted by Gasteiger charge is -2.31. The van der Waals surface area contributed by atoms with E-state index in [0.717, 1.165) is 5.56 Å². The fourth-order valence-electron chi connectivity index (χ4n) is 2.94. The standard InChI is InChI=1S/C19H19ClN2O2/c20-16-8-4-5-9-17(16)21-19(24)22-12-10-15(11-13-22)18(23)14-6-2-1-3-7-14/h1-9,15H,10-13H2,(H,21,24). The average molecular weight is 343 g/mol. The Morgan fingerprint density at radius 3 is 2.25 bits per heavy atom. The molecule has 0 unspecified atom stereocenters. The Labute approximate surface area is 146 Å². The Morgan fingerprint density at radius 2 is 1.58 bits per heavy atom. The largest absolute Gasteiger partial charge is 0.324 e. The topological polar surface area (TPSA) is 49.4 Å². The number of urea groups is 1. The summed E-state index contributed by atoms with van der Waals surface area (Å²) >= 11 is 6.06. The molecule has 2 amide bonds. The van der Waals surface area contributed by atoms with Crippen molar-refractivity contribution in [1.29, 1.82) is 0 Å². The molecule has 2 aromatic carbocycles. The van der Waals surface area contributed by atoms with E-state index in [9.17, 15) is 9.59 Å². The van der Waals surface area contributed by atoms with E-state index in [2.05, 4.69) is 5.32 Å². The lowest BCUT2D eigenvalue weighted by molar-refractivity contribution is 0.0859. The Hall–Kier alpha value is -2.33. The number of rotatable bonds is 3. The van der Waals surface area contributed by atoms with Gasteiger partial charge in [-0.1, -0.05) is 54.1 Å². The Kier molecular flexibility index (Phi) is 5.16. The maximum atomic E-state index is 12.5. The van der Waals surface area contributed by atoms with Gasteiger partial charge in [0.1, 0.15) is 0 Å². The van der Waals surface area contributed by atoms with Gasteiger partial charge in [0.2, 0.25) is 0 Å². The zero-order chi connectivity index (χ0) is 16.9. The minimum Gasteiger partial charge on any atom is -0.324 e. The molecule has 1 saturated heterocycles. The number of piperidine rings is 1. The monoisotopic (exact) mass is 342 g/mol. The van der Waals surface area contributed by atoms with E-state index in [0.29, 0.717) is 36.6 Å². The molecule has 5 heteroatoms. The molecule has 1 aliphatic rings. The molecule has 0 spiro atoms. The summed E-state index contributed by atoms with van der Waals surface area (Å²) in [6, 6.07) is 16.3. The highest BCUT2D eigenvalue weighted by Crippen LogP contribution is 2.24. The molecule has 124 valence electrons. The number of benzene rings is 2. The summed E-state index contributed by atoms with van der Waals surface area (Å²) in [5, 5.41) is 3.34. The molecule has 0 aromatic heterocycles. The van der Waals surface area contributed by atoms with Crippen molar-refractivity contribution in [1.82, 2.24) is 4.90 Å². The average Bonchev–Trinajstić information content (AvgIpc) is 2.64. The normalized spacial score (nSPS) is 15.1. The maximum Gasteiger partial charge on any atom is 0.321 e. The number of anilines is 1. The van der Waals surface area contributed by atoms with Gasteiger partial charge in [0.25, 0.3) is 0 Å². The van der Waals surface area contributed by atoms with Crippen LogP contribution in [0, 0.1) is 5.92 Å². The predicted molar refractivity (Wildman–Crippen MR) is 95.5 cm³/mol. The van der Waals surface area contributed by atoms with Crippen LogP contribution in [0.2, 0.25) is 5.02 Å². The number of hydrogen-bond acceptors (Lipinski definition) is 2. The molecule has 0 atom stereocenters. The molecule has 0 saturated carbocycles. The minimum atomic E-state index is -0.172. The van der Waals surface area contributed by atoms with E-state index in [1.54, 1.807) is 17.0 Å². The lowest BCUT2D eigenvalue weighted by atomic mass is 9.89. The molecule has 0 radical (unpaired) electrons. The fraction of sp³-hybridized carbons (Fsp3) is 0.263. The van der Waals surface area contributed by atoms with Crippen LogP contribution in [0.3, 0.4) is 0 Å². The summed E-state index contributed by atoms with van der Waals surface area (Å²) in [7, 11) is 0. The van der Waals surface area contributed by atoms with Crippen LogP contribution in [0.5, 0.6) is 0 Å². The van der Waals surface area contributed by atoms with E-state index in [1.165, 1.54) is 0 Å². The van der Waals surface area contributed by atoms with Gasteiger partial charge in [-0.05, 0) is 25.0 Å². The van der Waals surface area contributed by atoms with Crippen molar-refractivity contribution in [3.63, 3.8) is 0 Å². The third-order valence-electron chi connectivity index (χ3n) is 4.33. The Morgan fingerprint density at radius 1 is 0.958 bits per heavy atom. The summed E-state index contributed by atoms with van der Waals surface area (Å²) in [4.78, 5) is 26.5. The third-order valence-corrected chi connectivity index (χ3v) is 4.66. The second kappa shape index (κ2) is 7.49. The molecule has 24 heavy (non-hydrogen) atoms. The number of carbonyl (C=O) groups is 2. The highest BCUT2D eigenvalue weighted by molar-refractivity contribution is 6.33. The number of ketones is 1. The highest BCUT2D eigenvalue weighted by Gasteiger charge is 2.28. The number of Topliss-reactive ketones (excluding diaryl/α,β-unsaturated/α-hetero) is 1. The van der Waals surface area contributed by atoms with Crippen molar-refractivity contribution < 1.29 is 9.59 Å². The SMILES string of the molecule is O=C(c1ccccc1)C1CCN(C(=O)Nc2ccccc2Cl)CC1. The van der Waals surface area contributed by atoms with Crippen molar-refractivity contribution in [3.05, 3.63) is 65.2 Å². The van der Waals surface area contributed by atoms with E-state index in [-0.39, 0.29) is 17.7 Å². The number of nitrogens with one attached hydrogen (secondary N) is 1. The molecule has 2 aromatic rings. The highest BCUT2D eigenvalue weighted by atomic mass is 35.5. The minimum absolute atomic E-state index is 0.0169. The van der Waals surface area contributed by atoms with E-state index < -0.39 is 0 Å².